The van der Waals surface area contributed by atoms with Crippen LogP contribution in [-0.2, 0) is 6.42 Å². The van der Waals surface area contributed by atoms with Gasteiger partial charge >= 0.3 is 0 Å². The molecule has 0 radical (unpaired) electrons. The summed E-state index contributed by atoms with van der Waals surface area (Å²) in [6, 6.07) is 8.37. The largest absolute Gasteiger partial charge is 0.389 e. The normalized spacial score (nSPS) is 12.4. The Morgan fingerprint density at radius 3 is 2.39 bits per heavy atom. The fourth-order valence-corrected chi connectivity index (χ4v) is 1.91. The van der Waals surface area contributed by atoms with Crippen LogP contribution in [0.5, 0.6) is 0 Å². The van der Waals surface area contributed by atoms with E-state index >= 15 is 0 Å². The van der Waals surface area contributed by atoms with Crippen molar-refractivity contribution in [3.63, 3.8) is 0 Å². The number of nitrogens with zero attached hydrogens (tertiary/aromatic N) is 2. The van der Waals surface area contributed by atoms with E-state index in [1.54, 1.807) is 13.1 Å². The molecule has 0 aliphatic heterocycles. The first-order chi connectivity index (χ1) is 8.56. The lowest BCUT2D eigenvalue weighted by atomic mass is 10.1. The highest BCUT2D eigenvalue weighted by Crippen LogP contribution is 2.15. The van der Waals surface area contributed by atoms with E-state index in [1.807, 2.05) is 6.92 Å². The van der Waals surface area contributed by atoms with Crippen LogP contribution in [0, 0.1) is 13.8 Å². The SMILES string of the molecule is Cc1ccc(Cc2ncc([C@H](C)O)c(C)n2)cc1. The number of benzene rings is 1. The number of aliphatic hydroxyl groups excluding tert-OH is 1. The lowest BCUT2D eigenvalue weighted by Crippen LogP contribution is -2.04. The third-order valence-corrected chi connectivity index (χ3v) is 3.00. The summed E-state index contributed by atoms with van der Waals surface area (Å²) in [6.45, 7) is 5.70. The van der Waals surface area contributed by atoms with Gasteiger partial charge in [0, 0.05) is 23.9 Å². The molecule has 0 spiro atoms. The molecule has 2 aromatic rings. The highest BCUT2D eigenvalue weighted by Gasteiger charge is 2.08. The molecule has 3 nitrogen and oxygen atoms in total. The van der Waals surface area contributed by atoms with Crippen LogP contribution in [0.15, 0.2) is 30.5 Å². The first-order valence-electron chi connectivity index (χ1n) is 6.12. The zero-order chi connectivity index (χ0) is 13.1. The summed E-state index contributed by atoms with van der Waals surface area (Å²) in [5.74, 6) is 0.792. The van der Waals surface area contributed by atoms with Gasteiger partial charge in [0.25, 0.3) is 0 Å². The van der Waals surface area contributed by atoms with Gasteiger partial charge in [0.15, 0.2) is 0 Å². The zero-order valence-electron chi connectivity index (χ0n) is 11.0. The molecule has 0 aliphatic carbocycles. The van der Waals surface area contributed by atoms with E-state index in [4.69, 9.17) is 0 Å². The highest BCUT2D eigenvalue weighted by molar-refractivity contribution is 5.25. The lowest BCUT2D eigenvalue weighted by Gasteiger charge is -2.09. The summed E-state index contributed by atoms with van der Waals surface area (Å²) in [6.07, 6.45) is 1.93. The second-order valence-corrected chi connectivity index (χ2v) is 4.67. The van der Waals surface area contributed by atoms with Gasteiger partial charge in [0.05, 0.1) is 6.10 Å². The molecular weight excluding hydrogens is 224 g/mol. The van der Waals surface area contributed by atoms with Crippen LogP contribution in [-0.4, -0.2) is 15.1 Å². The molecule has 0 unspecified atom stereocenters. The number of hydrogen-bond donors (Lipinski definition) is 1. The van der Waals surface area contributed by atoms with Gasteiger partial charge in [0.1, 0.15) is 5.82 Å². The molecule has 1 aromatic heterocycles. The van der Waals surface area contributed by atoms with Gasteiger partial charge < -0.3 is 5.11 Å². The minimum atomic E-state index is -0.515. The van der Waals surface area contributed by atoms with Gasteiger partial charge in [-0.3, -0.25) is 0 Å². The summed E-state index contributed by atoms with van der Waals surface area (Å²) in [7, 11) is 0. The lowest BCUT2D eigenvalue weighted by molar-refractivity contribution is 0.197. The van der Waals surface area contributed by atoms with Crippen molar-refractivity contribution in [1.29, 1.82) is 0 Å². The van der Waals surface area contributed by atoms with Crippen LogP contribution in [0.3, 0.4) is 0 Å². The maximum absolute atomic E-state index is 9.54. The predicted octanol–water partition coefficient (Wildman–Crippen LogP) is 2.74. The smallest absolute Gasteiger partial charge is 0.132 e. The molecule has 94 valence electrons. The van der Waals surface area contributed by atoms with E-state index in [1.165, 1.54) is 11.1 Å². The van der Waals surface area contributed by atoms with Crippen LogP contribution in [0.1, 0.15) is 41.2 Å². The molecule has 0 fully saturated rings. The van der Waals surface area contributed by atoms with Gasteiger partial charge in [-0.2, -0.15) is 0 Å². The van der Waals surface area contributed by atoms with Crippen molar-refractivity contribution in [1.82, 2.24) is 9.97 Å². The Labute approximate surface area is 108 Å². The predicted molar refractivity (Wildman–Crippen MR) is 71.4 cm³/mol. The Bertz CT molecular complexity index is 533. The van der Waals surface area contributed by atoms with Gasteiger partial charge in [-0.25, -0.2) is 9.97 Å². The third-order valence-electron chi connectivity index (χ3n) is 3.00. The minimum Gasteiger partial charge on any atom is -0.389 e. The highest BCUT2D eigenvalue weighted by atomic mass is 16.3. The number of hydrogen-bond acceptors (Lipinski definition) is 3. The van der Waals surface area contributed by atoms with Gasteiger partial charge in [-0.15, -0.1) is 0 Å². The summed E-state index contributed by atoms with van der Waals surface area (Å²) < 4.78 is 0. The Hall–Kier alpha value is -1.74. The van der Waals surface area contributed by atoms with Crippen molar-refractivity contribution in [2.45, 2.75) is 33.3 Å². The fourth-order valence-electron chi connectivity index (χ4n) is 1.91. The maximum atomic E-state index is 9.54. The van der Waals surface area contributed by atoms with Crippen molar-refractivity contribution in [2.75, 3.05) is 0 Å². The van der Waals surface area contributed by atoms with Crippen LogP contribution in [0.25, 0.3) is 0 Å². The fraction of sp³-hybridized carbons (Fsp3) is 0.333. The van der Waals surface area contributed by atoms with Crippen molar-refractivity contribution in [3.8, 4) is 0 Å². The van der Waals surface area contributed by atoms with Crippen molar-refractivity contribution in [2.24, 2.45) is 0 Å². The average Bonchev–Trinajstić information content (AvgIpc) is 2.32. The van der Waals surface area contributed by atoms with Crippen LogP contribution in [0.2, 0.25) is 0 Å². The standard InChI is InChI=1S/C15H18N2O/c1-10-4-6-13(7-5-10)8-15-16-9-14(12(3)18)11(2)17-15/h4-7,9,12,18H,8H2,1-3H3/t12-/m0/s1. The van der Waals surface area contributed by atoms with E-state index < -0.39 is 6.10 Å². The van der Waals surface area contributed by atoms with E-state index in [0.29, 0.717) is 0 Å². The molecule has 18 heavy (non-hydrogen) atoms. The molecule has 0 aliphatic rings. The molecule has 2 rings (SSSR count). The quantitative estimate of drug-likeness (QED) is 0.900. The molecule has 0 saturated carbocycles. The Morgan fingerprint density at radius 1 is 1.17 bits per heavy atom. The van der Waals surface area contributed by atoms with Crippen LogP contribution in [0.4, 0.5) is 0 Å². The molecule has 1 atom stereocenters. The Morgan fingerprint density at radius 2 is 1.83 bits per heavy atom. The van der Waals surface area contributed by atoms with Crippen LogP contribution < -0.4 is 0 Å². The molecular formula is C15H18N2O. The summed E-state index contributed by atoms with van der Waals surface area (Å²) >= 11 is 0. The number of aliphatic hydroxyl groups is 1. The minimum absolute atomic E-state index is 0.515. The Kier molecular flexibility index (Phi) is 3.72. The second-order valence-electron chi connectivity index (χ2n) is 4.67. The molecule has 0 amide bonds. The first kappa shape index (κ1) is 12.7. The number of aromatic nitrogens is 2. The topological polar surface area (TPSA) is 46.0 Å². The summed E-state index contributed by atoms with van der Waals surface area (Å²) in [5, 5.41) is 9.54. The van der Waals surface area contributed by atoms with Gasteiger partial charge in [-0.1, -0.05) is 29.8 Å². The van der Waals surface area contributed by atoms with Crippen LogP contribution >= 0.6 is 0 Å². The monoisotopic (exact) mass is 242 g/mol. The summed E-state index contributed by atoms with van der Waals surface area (Å²) in [5.41, 5.74) is 4.09. The summed E-state index contributed by atoms with van der Waals surface area (Å²) in [4.78, 5) is 8.75. The Balaban J connectivity index is 2.20. The average molecular weight is 242 g/mol. The number of aryl methyl sites for hydroxylation is 2. The van der Waals surface area contributed by atoms with Gasteiger partial charge in [-0.05, 0) is 26.3 Å². The maximum Gasteiger partial charge on any atom is 0.132 e. The molecule has 0 bridgehead atoms. The van der Waals surface area contributed by atoms with E-state index in [0.717, 1.165) is 23.5 Å². The first-order valence-corrected chi connectivity index (χ1v) is 6.12. The molecule has 3 heteroatoms. The van der Waals surface area contributed by atoms with Crippen molar-refractivity contribution >= 4 is 0 Å². The zero-order valence-corrected chi connectivity index (χ0v) is 11.0. The van der Waals surface area contributed by atoms with Crippen molar-refractivity contribution < 1.29 is 5.11 Å². The molecule has 0 saturated heterocycles. The third kappa shape index (κ3) is 2.93. The molecule has 1 heterocycles. The van der Waals surface area contributed by atoms with E-state index in [-0.39, 0.29) is 0 Å². The van der Waals surface area contributed by atoms with E-state index in [2.05, 4.69) is 41.2 Å². The van der Waals surface area contributed by atoms with Gasteiger partial charge in [0.2, 0.25) is 0 Å². The second kappa shape index (κ2) is 5.27. The van der Waals surface area contributed by atoms with E-state index in [9.17, 15) is 5.11 Å². The molecule has 1 N–H and O–H groups in total. The van der Waals surface area contributed by atoms with Crippen molar-refractivity contribution in [3.05, 3.63) is 58.7 Å². The molecule has 1 aromatic carbocycles. The number of rotatable bonds is 3.